The average Bonchev–Trinajstić information content (AvgIpc) is 3.25. The molecule has 0 spiro atoms. The molecule has 0 aromatic heterocycles. The van der Waals surface area contributed by atoms with Crippen molar-refractivity contribution < 1.29 is 66.7 Å². The van der Waals surface area contributed by atoms with E-state index in [0.29, 0.717) is 33.8 Å². The minimum atomic E-state index is -1.55. The standard InChI is InChI=1S/C51H42O14/c1-29(2)45(52)61-40-20-14-36(15-21-40)23-25-59-49(56)38-17-11-35(12-18-38)13-19-39-28-42(63-47(54)31(5)6)43(44(34(39)10)64-51(58)65-48(55)32(7)8)50(57)60-26-24-37-16-22-41(33(9)27-37)62-46(53)30(3)4/h11-12,14-18,20-28H,1,3,5,7H2,2,4,6,8-10H3/b25-23+,26-24+. The molecule has 0 aliphatic carbocycles. The molecular weight excluding hydrogens is 837 g/mol. The summed E-state index contributed by atoms with van der Waals surface area (Å²) in [6, 6.07) is 18.5. The van der Waals surface area contributed by atoms with Crippen molar-refractivity contribution in [3.05, 3.63) is 178 Å². The lowest BCUT2D eigenvalue weighted by atomic mass is 10.0. The van der Waals surface area contributed by atoms with Gasteiger partial charge in [-0.3, -0.25) is 0 Å². The fourth-order valence-corrected chi connectivity index (χ4v) is 4.94. The van der Waals surface area contributed by atoms with Crippen molar-refractivity contribution in [1.29, 1.82) is 0 Å². The first kappa shape index (κ1) is 48.8. The maximum Gasteiger partial charge on any atom is 0.522 e. The highest BCUT2D eigenvalue weighted by Gasteiger charge is 2.29. The fourth-order valence-electron chi connectivity index (χ4n) is 4.94. The van der Waals surface area contributed by atoms with Crippen molar-refractivity contribution in [1.82, 2.24) is 0 Å². The molecule has 0 saturated carbocycles. The predicted octanol–water partition coefficient (Wildman–Crippen LogP) is 9.42. The smallest absolute Gasteiger partial charge is 0.431 e. The van der Waals surface area contributed by atoms with Gasteiger partial charge in [0.25, 0.3) is 0 Å². The molecule has 0 unspecified atom stereocenters. The van der Waals surface area contributed by atoms with E-state index >= 15 is 0 Å². The Morgan fingerprint density at radius 2 is 1.06 bits per heavy atom. The van der Waals surface area contributed by atoms with Gasteiger partial charge in [0.1, 0.15) is 17.1 Å². The Balaban J connectivity index is 1.63. The lowest BCUT2D eigenvalue weighted by Crippen LogP contribution is -2.20. The van der Waals surface area contributed by atoms with Gasteiger partial charge >= 0.3 is 42.0 Å². The van der Waals surface area contributed by atoms with Gasteiger partial charge < -0.3 is 33.2 Å². The van der Waals surface area contributed by atoms with Crippen LogP contribution < -0.4 is 18.9 Å². The highest BCUT2D eigenvalue weighted by atomic mass is 16.7. The van der Waals surface area contributed by atoms with Crippen molar-refractivity contribution in [2.75, 3.05) is 0 Å². The molecular formula is C51H42O14. The van der Waals surface area contributed by atoms with E-state index in [4.69, 9.17) is 33.2 Å². The van der Waals surface area contributed by atoms with Crippen LogP contribution in [0, 0.1) is 25.7 Å². The van der Waals surface area contributed by atoms with Crippen LogP contribution in [-0.4, -0.2) is 42.0 Å². The van der Waals surface area contributed by atoms with E-state index in [-0.39, 0.29) is 39.0 Å². The summed E-state index contributed by atoms with van der Waals surface area (Å²) in [7, 11) is 0. The molecule has 4 aromatic rings. The van der Waals surface area contributed by atoms with Gasteiger partial charge in [-0.15, -0.1) is 0 Å². The Morgan fingerprint density at radius 3 is 1.63 bits per heavy atom. The van der Waals surface area contributed by atoms with Gasteiger partial charge in [0.15, 0.2) is 11.5 Å². The number of carbonyl (C=O) groups is 7. The van der Waals surface area contributed by atoms with Gasteiger partial charge in [-0.2, -0.15) is 0 Å². The number of rotatable bonds is 14. The van der Waals surface area contributed by atoms with Crippen LogP contribution in [0.1, 0.15) is 81.8 Å². The van der Waals surface area contributed by atoms with E-state index in [0.717, 1.165) is 6.26 Å². The van der Waals surface area contributed by atoms with Crippen molar-refractivity contribution in [3.63, 3.8) is 0 Å². The number of benzene rings is 4. The highest BCUT2D eigenvalue weighted by Crippen LogP contribution is 2.37. The highest BCUT2D eigenvalue weighted by molar-refractivity contribution is 6.01. The summed E-state index contributed by atoms with van der Waals surface area (Å²) in [5.74, 6) is 0.386. The Kier molecular flexibility index (Phi) is 16.8. The summed E-state index contributed by atoms with van der Waals surface area (Å²) < 4.78 is 36.8. The largest absolute Gasteiger partial charge is 0.522 e. The van der Waals surface area contributed by atoms with Crippen LogP contribution in [0.15, 0.2) is 134 Å². The first-order valence-corrected chi connectivity index (χ1v) is 19.2. The Morgan fingerprint density at radius 1 is 0.538 bits per heavy atom. The molecule has 0 fully saturated rings. The Hall–Kier alpha value is -8.83. The quantitative estimate of drug-likeness (QED) is 0.0171. The molecule has 4 aromatic carbocycles. The third-order valence-corrected chi connectivity index (χ3v) is 8.48. The van der Waals surface area contributed by atoms with E-state index < -0.39 is 59.0 Å². The van der Waals surface area contributed by atoms with Gasteiger partial charge in [-0.05, 0) is 125 Å². The van der Waals surface area contributed by atoms with Crippen molar-refractivity contribution >= 4 is 54.1 Å². The minimum absolute atomic E-state index is 0.0503. The van der Waals surface area contributed by atoms with Gasteiger partial charge in [0, 0.05) is 39.0 Å². The SMILES string of the molecule is C=C(C)C(=O)OC(=O)Oc1c(C)c(C#Cc2ccc(C(=O)O/C=C/c3ccc(OC(=O)C(=C)C)cc3)cc2)cc(OC(=O)C(=C)C)c1C(=O)O/C=C/c1ccc(OC(=O)C(=C)C)c(C)c1. The van der Waals surface area contributed by atoms with Gasteiger partial charge in [-0.25, -0.2) is 33.6 Å². The van der Waals surface area contributed by atoms with Crippen LogP contribution in [0.4, 0.5) is 4.79 Å². The summed E-state index contributed by atoms with van der Waals surface area (Å²) in [6.07, 6.45) is 3.64. The van der Waals surface area contributed by atoms with E-state index in [1.807, 2.05) is 0 Å². The maximum atomic E-state index is 13.8. The molecule has 0 aliphatic heterocycles. The third kappa shape index (κ3) is 14.1. The van der Waals surface area contributed by atoms with Crippen LogP contribution in [-0.2, 0) is 33.4 Å². The van der Waals surface area contributed by atoms with E-state index in [1.165, 1.54) is 77.3 Å². The van der Waals surface area contributed by atoms with Crippen molar-refractivity contribution in [2.45, 2.75) is 41.5 Å². The van der Waals surface area contributed by atoms with Crippen LogP contribution in [0.2, 0.25) is 0 Å². The molecule has 0 radical (unpaired) electrons. The molecule has 65 heavy (non-hydrogen) atoms. The summed E-state index contributed by atoms with van der Waals surface area (Å²) in [5, 5.41) is 0. The zero-order valence-corrected chi connectivity index (χ0v) is 36.3. The van der Waals surface area contributed by atoms with Gasteiger partial charge in [0.2, 0.25) is 0 Å². The zero-order valence-electron chi connectivity index (χ0n) is 36.3. The molecule has 4 rings (SSSR count). The molecule has 0 bridgehead atoms. The summed E-state index contributed by atoms with van der Waals surface area (Å²) in [5.41, 5.74) is 2.28. The van der Waals surface area contributed by atoms with E-state index in [2.05, 4.69) is 38.2 Å². The predicted molar refractivity (Wildman–Crippen MR) is 238 cm³/mol. The second kappa shape index (κ2) is 22.3. The number of carbonyl (C=O) groups excluding carboxylic acids is 7. The van der Waals surface area contributed by atoms with Crippen molar-refractivity contribution in [3.8, 4) is 34.8 Å². The van der Waals surface area contributed by atoms with Crippen LogP contribution >= 0.6 is 0 Å². The second-order valence-electron chi connectivity index (χ2n) is 14.1. The Bertz CT molecular complexity index is 2770. The number of hydrogen-bond donors (Lipinski definition) is 0. The topological polar surface area (TPSA) is 184 Å². The molecule has 0 saturated heterocycles. The van der Waals surface area contributed by atoms with Crippen molar-refractivity contribution in [2.24, 2.45) is 0 Å². The zero-order chi connectivity index (χ0) is 48.0. The average molecular weight is 879 g/mol. The number of hydrogen-bond acceptors (Lipinski definition) is 14. The van der Waals surface area contributed by atoms with Gasteiger partial charge in [-0.1, -0.05) is 56.4 Å². The minimum Gasteiger partial charge on any atom is -0.431 e. The van der Waals surface area contributed by atoms with Gasteiger partial charge in [0.05, 0.1) is 18.1 Å². The van der Waals surface area contributed by atoms with Crippen LogP contribution in [0.3, 0.4) is 0 Å². The number of ether oxygens (including phenoxy) is 7. The van der Waals surface area contributed by atoms with E-state index in [9.17, 15) is 33.6 Å². The normalized spacial score (nSPS) is 10.4. The molecule has 0 amide bonds. The van der Waals surface area contributed by atoms with Crippen LogP contribution in [0.5, 0.6) is 23.0 Å². The maximum absolute atomic E-state index is 13.8. The summed E-state index contributed by atoms with van der Waals surface area (Å²) in [6.45, 7) is 23.0. The molecule has 0 atom stereocenters. The molecule has 0 aliphatic rings. The summed E-state index contributed by atoms with van der Waals surface area (Å²) in [4.78, 5) is 88.2. The third-order valence-electron chi connectivity index (χ3n) is 8.48. The number of esters is 6. The van der Waals surface area contributed by atoms with E-state index in [1.54, 1.807) is 55.5 Å². The molecule has 14 heteroatoms. The molecule has 330 valence electrons. The molecule has 0 heterocycles. The first-order valence-electron chi connectivity index (χ1n) is 19.2. The monoisotopic (exact) mass is 878 g/mol. The Labute approximate surface area is 374 Å². The lowest BCUT2D eigenvalue weighted by Gasteiger charge is -2.17. The number of aryl methyl sites for hydroxylation is 1. The molecule has 0 N–H and O–H groups in total. The molecule has 14 nitrogen and oxygen atoms in total. The van der Waals surface area contributed by atoms with Crippen LogP contribution in [0.25, 0.3) is 12.2 Å². The fraction of sp³-hybridized carbons (Fsp3) is 0.118. The second-order valence-corrected chi connectivity index (χ2v) is 14.1. The lowest BCUT2D eigenvalue weighted by molar-refractivity contribution is -0.134. The first-order chi connectivity index (χ1) is 30.7. The summed E-state index contributed by atoms with van der Waals surface area (Å²) >= 11 is 0.